The van der Waals surface area contributed by atoms with Crippen molar-refractivity contribution in [1.29, 1.82) is 0 Å². The van der Waals surface area contributed by atoms with Gasteiger partial charge in [0.1, 0.15) is 30.6 Å². The van der Waals surface area contributed by atoms with E-state index in [1.54, 1.807) is 19.2 Å². The van der Waals surface area contributed by atoms with E-state index in [9.17, 15) is 13.2 Å². The van der Waals surface area contributed by atoms with Gasteiger partial charge in [0.25, 0.3) is 6.43 Å². The average Bonchev–Trinajstić information content (AvgIpc) is 2.75. The van der Waals surface area contributed by atoms with E-state index < -0.39 is 24.4 Å². The van der Waals surface area contributed by atoms with Crippen LogP contribution in [0.15, 0.2) is 48.1 Å². The predicted molar refractivity (Wildman–Crippen MR) is 111 cm³/mol. The van der Waals surface area contributed by atoms with Crippen LogP contribution in [0.5, 0.6) is 5.75 Å². The maximum atomic E-state index is 14.5. The summed E-state index contributed by atoms with van der Waals surface area (Å²) in [6.07, 6.45) is -1.50. The number of halogens is 3. The van der Waals surface area contributed by atoms with Crippen LogP contribution < -0.4 is 15.8 Å². The van der Waals surface area contributed by atoms with E-state index in [2.05, 4.69) is 21.9 Å². The van der Waals surface area contributed by atoms with E-state index in [1.807, 2.05) is 0 Å². The van der Waals surface area contributed by atoms with Gasteiger partial charge in [-0.15, -0.1) is 0 Å². The largest absolute Gasteiger partial charge is 0.490 e. The first-order chi connectivity index (χ1) is 14.9. The summed E-state index contributed by atoms with van der Waals surface area (Å²) in [5.74, 6) is -0.399. The highest BCUT2D eigenvalue weighted by molar-refractivity contribution is 5.83. The van der Waals surface area contributed by atoms with Crippen LogP contribution in [-0.2, 0) is 15.0 Å². The maximum Gasteiger partial charge on any atom is 0.269 e. The van der Waals surface area contributed by atoms with Crippen molar-refractivity contribution in [3.05, 3.63) is 60.2 Å². The zero-order valence-electron chi connectivity index (χ0n) is 16.9. The van der Waals surface area contributed by atoms with Crippen LogP contribution in [0.25, 0.3) is 5.70 Å². The van der Waals surface area contributed by atoms with E-state index in [0.29, 0.717) is 36.0 Å². The fraction of sp³-hybridized carbons (Fsp3) is 0.333. The van der Waals surface area contributed by atoms with E-state index in [1.165, 1.54) is 18.3 Å². The topological polar surface area (TPSA) is 91.0 Å². The third-order valence-corrected chi connectivity index (χ3v) is 4.61. The molecule has 1 atom stereocenters. The molecular weight excluding hydrogens is 413 g/mol. The minimum Gasteiger partial charge on any atom is -0.490 e. The van der Waals surface area contributed by atoms with Crippen LogP contribution in [0.3, 0.4) is 0 Å². The molecule has 31 heavy (non-hydrogen) atoms. The van der Waals surface area contributed by atoms with E-state index in [0.717, 1.165) is 6.07 Å². The number of nitrogens with two attached hydrogens (primary N) is 1. The van der Waals surface area contributed by atoms with E-state index in [-0.39, 0.29) is 18.0 Å². The fourth-order valence-electron chi connectivity index (χ4n) is 3.06. The Bertz CT molecular complexity index is 953. The Balaban J connectivity index is 1.80. The molecule has 1 aromatic carbocycles. The lowest BCUT2D eigenvalue weighted by Crippen LogP contribution is -2.45. The molecule has 7 nitrogen and oxygen atoms in total. The molecule has 1 aliphatic rings. The minimum absolute atomic E-state index is 0.0817. The van der Waals surface area contributed by atoms with Crippen LogP contribution in [-0.4, -0.2) is 50.8 Å². The molecule has 0 spiro atoms. The number of alkyl halides is 2. The molecule has 0 saturated heterocycles. The lowest BCUT2D eigenvalue weighted by Gasteiger charge is -2.33. The van der Waals surface area contributed by atoms with Crippen LogP contribution in [0.2, 0.25) is 0 Å². The van der Waals surface area contributed by atoms with Crippen molar-refractivity contribution < 1.29 is 27.4 Å². The summed E-state index contributed by atoms with van der Waals surface area (Å²) in [7, 11) is 1.58. The van der Waals surface area contributed by atoms with Gasteiger partial charge in [0.2, 0.25) is 0 Å². The van der Waals surface area contributed by atoms with Gasteiger partial charge in [-0.05, 0) is 30.3 Å². The third-order valence-electron chi connectivity index (χ3n) is 4.61. The summed E-state index contributed by atoms with van der Waals surface area (Å²) in [5.41, 5.74) is 4.27. The van der Waals surface area contributed by atoms with Gasteiger partial charge in [0.15, 0.2) is 5.54 Å². The lowest BCUT2D eigenvalue weighted by atomic mass is 9.90. The van der Waals surface area contributed by atoms with Crippen molar-refractivity contribution in [2.45, 2.75) is 12.0 Å². The molecule has 3 rings (SSSR count). The zero-order chi connectivity index (χ0) is 22.4. The minimum atomic E-state index is -3.02. The standard InChI is InChI=1S/C21H23F3N4O3/c1-13(18-6-4-15(10-26-18)31-8-7-29-2)27-14-3-5-17(22)16(9-14)21(20(23)24)12-30-11-19(25)28-21/h3-6,9-10,20,27H,1,7-8,11-12H2,2H3,(H2,25,28)/t21-/m0/s1. The van der Waals surface area contributed by atoms with Crippen molar-refractivity contribution >= 4 is 17.2 Å². The molecule has 3 N–H and O–H groups in total. The Kier molecular flexibility index (Phi) is 7.13. The number of benzene rings is 1. The summed E-state index contributed by atoms with van der Waals surface area (Å²) in [4.78, 5) is 8.11. The molecule has 1 aromatic heterocycles. The Morgan fingerprint density at radius 1 is 1.32 bits per heavy atom. The number of ether oxygens (including phenoxy) is 3. The highest BCUT2D eigenvalue weighted by Crippen LogP contribution is 2.38. The second-order valence-electron chi connectivity index (χ2n) is 6.84. The van der Waals surface area contributed by atoms with Crippen LogP contribution in [0.4, 0.5) is 18.9 Å². The monoisotopic (exact) mass is 436 g/mol. The van der Waals surface area contributed by atoms with Crippen molar-refractivity contribution in [2.75, 3.05) is 38.9 Å². The summed E-state index contributed by atoms with van der Waals surface area (Å²) in [6, 6.07) is 7.13. The smallest absolute Gasteiger partial charge is 0.269 e. The summed E-state index contributed by atoms with van der Waals surface area (Å²) < 4.78 is 57.9. The highest BCUT2D eigenvalue weighted by Gasteiger charge is 2.46. The second-order valence-corrected chi connectivity index (χ2v) is 6.84. The van der Waals surface area contributed by atoms with E-state index in [4.69, 9.17) is 19.9 Å². The predicted octanol–water partition coefficient (Wildman–Crippen LogP) is 3.18. The molecule has 2 heterocycles. The van der Waals surface area contributed by atoms with E-state index >= 15 is 0 Å². The number of methoxy groups -OCH3 is 1. The molecule has 0 saturated carbocycles. The molecule has 0 aliphatic carbocycles. The van der Waals surface area contributed by atoms with Crippen molar-refractivity contribution in [2.24, 2.45) is 10.7 Å². The van der Waals surface area contributed by atoms with Gasteiger partial charge in [-0.2, -0.15) is 0 Å². The van der Waals surface area contributed by atoms with Crippen LogP contribution in [0.1, 0.15) is 11.3 Å². The molecule has 0 unspecified atom stereocenters. The van der Waals surface area contributed by atoms with Crippen molar-refractivity contribution in [3.63, 3.8) is 0 Å². The number of pyridine rings is 1. The van der Waals surface area contributed by atoms with Crippen molar-refractivity contribution in [3.8, 4) is 5.75 Å². The maximum absolute atomic E-state index is 14.5. The first kappa shape index (κ1) is 22.6. The SMILES string of the molecule is C=C(Nc1ccc(F)c([C@]2(C(F)F)COCC(N)=N2)c1)c1ccc(OCCOC)cn1. The highest BCUT2D eigenvalue weighted by atomic mass is 19.3. The Morgan fingerprint density at radius 2 is 2.13 bits per heavy atom. The summed E-state index contributed by atoms with van der Waals surface area (Å²) in [6.45, 7) is 4.17. The third kappa shape index (κ3) is 5.15. The van der Waals surface area contributed by atoms with Gasteiger partial charge in [0, 0.05) is 18.4 Å². The lowest BCUT2D eigenvalue weighted by molar-refractivity contribution is -0.0145. The van der Waals surface area contributed by atoms with Crippen molar-refractivity contribution in [1.82, 2.24) is 4.98 Å². The number of anilines is 1. The first-order valence-corrected chi connectivity index (χ1v) is 9.40. The number of amidine groups is 1. The number of hydrogen-bond donors (Lipinski definition) is 2. The quantitative estimate of drug-likeness (QED) is 0.587. The first-order valence-electron chi connectivity index (χ1n) is 9.40. The molecule has 10 heteroatoms. The fourth-order valence-corrected chi connectivity index (χ4v) is 3.06. The molecule has 0 radical (unpaired) electrons. The van der Waals surface area contributed by atoms with Gasteiger partial charge in [-0.25, -0.2) is 13.2 Å². The Labute approximate surface area is 177 Å². The van der Waals surface area contributed by atoms with Gasteiger partial charge >= 0.3 is 0 Å². The number of hydrogen-bond acceptors (Lipinski definition) is 7. The number of nitrogens with zero attached hydrogens (tertiary/aromatic N) is 2. The summed E-state index contributed by atoms with van der Waals surface area (Å²) >= 11 is 0. The van der Waals surface area contributed by atoms with Gasteiger partial charge in [-0.3, -0.25) is 9.98 Å². The van der Waals surface area contributed by atoms with Gasteiger partial charge < -0.3 is 25.3 Å². The number of aromatic nitrogens is 1. The van der Waals surface area contributed by atoms with Gasteiger partial charge in [0.05, 0.1) is 30.8 Å². The zero-order valence-corrected chi connectivity index (χ0v) is 16.9. The molecule has 2 aromatic rings. The molecule has 166 valence electrons. The number of rotatable bonds is 9. The van der Waals surface area contributed by atoms with Gasteiger partial charge in [-0.1, -0.05) is 6.58 Å². The normalized spacial score (nSPS) is 18.5. The molecule has 0 fully saturated rings. The van der Waals surface area contributed by atoms with Crippen LogP contribution >= 0.6 is 0 Å². The molecular formula is C21H23F3N4O3. The Hall–Kier alpha value is -3.11. The number of aliphatic imine (C=N–C) groups is 1. The summed E-state index contributed by atoms with van der Waals surface area (Å²) in [5, 5.41) is 2.95. The second kappa shape index (κ2) is 9.80. The van der Waals surface area contributed by atoms with Crippen LogP contribution in [0, 0.1) is 5.82 Å². The molecule has 0 amide bonds. The molecule has 1 aliphatic heterocycles. The number of nitrogens with one attached hydrogen (secondary N) is 1. The molecule has 0 bridgehead atoms. The Morgan fingerprint density at radius 3 is 2.77 bits per heavy atom. The average molecular weight is 436 g/mol.